The Bertz CT molecular complexity index is 1130. The van der Waals surface area contributed by atoms with Gasteiger partial charge in [-0.05, 0) is 72.4 Å². The second kappa shape index (κ2) is 13.5. The molecule has 0 aliphatic heterocycles. The Labute approximate surface area is 211 Å². The first-order valence-electron chi connectivity index (χ1n) is 12.0. The molecule has 2 aromatic rings. The third kappa shape index (κ3) is 6.96. The van der Waals surface area contributed by atoms with E-state index in [2.05, 4.69) is 0 Å². The molecule has 8 nitrogen and oxygen atoms in total. The Morgan fingerprint density at radius 1 is 0.917 bits per heavy atom. The smallest absolute Gasteiger partial charge is 0.169 e. The van der Waals surface area contributed by atoms with Gasteiger partial charge in [0.05, 0.1) is 20.1 Å². The molecule has 3 rings (SSSR count). The van der Waals surface area contributed by atoms with Crippen LogP contribution in [-0.2, 0) is 9.59 Å². The van der Waals surface area contributed by atoms with Gasteiger partial charge >= 0.3 is 0 Å². The van der Waals surface area contributed by atoms with Gasteiger partial charge in [0.1, 0.15) is 13.2 Å². The van der Waals surface area contributed by atoms with Crippen LogP contribution in [0.2, 0.25) is 0 Å². The predicted octanol–water partition coefficient (Wildman–Crippen LogP) is 3.41. The second-order valence-electron chi connectivity index (χ2n) is 8.31. The van der Waals surface area contributed by atoms with Crippen molar-refractivity contribution in [3.8, 4) is 23.0 Å². The molecule has 192 valence electrons. The van der Waals surface area contributed by atoms with Gasteiger partial charge in [-0.2, -0.15) is 0 Å². The quantitative estimate of drug-likeness (QED) is 0.340. The normalized spacial score (nSPS) is 16.8. The van der Waals surface area contributed by atoms with Gasteiger partial charge in [-0.25, -0.2) is 0 Å². The molecule has 1 atom stereocenters. The highest BCUT2D eigenvalue weighted by atomic mass is 16.5. The molecule has 0 aromatic heterocycles. The van der Waals surface area contributed by atoms with Crippen molar-refractivity contribution >= 4 is 23.7 Å². The Hall–Kier alpha value is -3.62. The summed E-state index contributed by atoms with van der Waals surface area (Å²) in [5, 5.41) is 0. The van der Waals surface area contributed by atoms with Crippen LogP contribution in [-0.4, -0.2) is 52.1 Å². The lowest BCUT2D eigenvalue weighted by molar-refractivity contribution is -0.129. The summed E-state index contributed by atoms with van der Waals surface area (Å²) in [6.07, 6.45) is 6.90. The molecule has 8 heteroatoms. The minimum atomic E-state index is -0.690. The van der Waals surface area contributed by atoms with Gasteiger partial charge in [0.25, 0.3) is 0 Å². The van der Waals surface area contributed by atoms with Crippen LogP contribution in [0.25, 0.3) is 12.2 Å². The van der Waals surface area contributed by atoms with Crippen molar-refractivity contribution in [3.63, 3.8) is 0 Å². The summed E-state index contributed by atoms with van der Waals surface area (Å²) >= 11 is 0. The summed E-state index contributed by atoms with van der Waals surface area (Å²) in [7, 11) is 3.11. The Morgan fingerprint density at radius 2 is 1.50 bits per heavy atom. The molecule has 1 saturated carbocycles. The first kappa shape index (κ1) is 27.0. The summed E-state index contributed by atoms with van der Waals surface area (Å²) in [5.74, 6) is 1.24. The van der Waals surface area contributed by atoms with E-state index in [0.717, 1.165) is 17.5 Å². The van der Waals surface area contributed by atoms with Crippen molar-refractivity contribution < 1.29 is 28.5 Å². The molecule has 0 saturated heterocycles. The average molecular weight is 495 g/mol. The number of ether oxygens (including phenoxy) is 4. The van der Waals surface area contributed by atoms with Crippen LogP contribution in [0.3, 0.4) is 0 Å². The number of hydrogen-bond acceptors (Lipinski definition) is 8. The number of carbonyl (C=O) groups excluding carboxylic acids is 2. The van der Waals surface area contributed by atoms with E-state index in [1.54, 1.807) is 38.5 Å². The molecule has 0 radical (unpaired) electrons. The van der Waals surface area contributed by atoms with Gasteiger partial charge in [0.2, 0.25) is 0 Å². The molecular formula is C28H34N2O6. The number of hydrogen-bond donors (Lipinski definition) is 2. The molecule has 0 bridgehead atoms. The van der Waals surface area contributed by atoms with Crippen LogP contribution in [0.5, 0.6) is 23.0 Å². The van der Waals surface area contributed by atoms with Crippen LogP contribution in [0.1, 0.15) is 30.4 Å². The highest BCUT2D eigenvalue weighted by Gasteiger charge is 2.30. The minimum absolute atomic E-state index is 0.138. The highest BCUT2D eigenvalue weighted by Crippen LogP contribution is 2.32. The highest BCUT2D eigenvalue weighted by molar-refractivity contribution is 6.16. The van der Waals surface area contributed by atoms with Crippen LogP contribution < -0.4 is 30.4 Å². The van der Waals surface area contributed by atoms with Crippen molar-refractivity contribution in [1.29, 1.82) is 0 Å². The molecule has 0 amide bonds. The predicted molar refractivity (Wildman–Crippen MR) is 139 cm³/mol. The average Bonchev–Trinajstić information content (AvgIpc) is 2.90. The van der Waals surface area contributed by atoms with Crippen LogP contribution in [0.4, 0.5) is 0 Å². The monoisotopic (exact) mass is 494 g/mol. The maximum absolute atomic E-state index is 13.2. The molecule has 2 aromatic carbocycles. The Morgan fingerprint density at radius 3 is 2.08 bits per heavy atom. The molecule has 1 aliphatic rings. The number of allylic oxidation sites excluding steroid dienone is 2. The van der Waals surface area contributed by atoms with E-state index in [1.807, 2.05) is 24.3 Å². The topological polar surface area (TPSA) is 123 Å². The largest absolute Gasteiger partial charge is 0.493 e. The zero-order chi connectivity index (χ0) is 25.9. The number of methoxy groups -OCH3 is 2. The van der Waals surface area contributed by atoms with Crippen molar-refractivity contribution in [2.24, 2.45) is 17.4 Å². The summed E-state index contributed by atoms with van der Waals surface area (Å²) in [6, 6.07) is 10.8. The summed E-state index contributed by atoms with van der Waals surface area (Å²) in [5.41, 5.74) is 13.2. The van der Waals surface area contributed by atoms with Gasteiger partial charge in [0, 0.05) is 13.1 Å². The molecule has 0 spiro atoms. The van der Waals surface area contributed by atoms with Gasteiger partial charge in [-0.15, -0.1) is 0 Å². The molecule has 36 heavy (non-hydrogen) atoms. The second-order valence-corrected chi connectivity index (χ2v) is 8.31. The van der Waals surface area contributed by atoms with Crippen molar-refractivity contribution in [2.45, 2.75) is 19.3 Å². The Balaban J connectivity index is 1.72. The number of carbonyl (C=O) groups is 2. The molecule has 4 N–H and O–H groups in total. The zero-order valence-corrected chi connectivity index (χ0v) is 20.8. The van der Waals surface area contributed by atoms with E-state index in [0.29, 0.717) is 67.7 Å². The lowest BCUT2D eigenvalue weighted by Gasteiger charge is -2.21. The molecule has 1 fully saturated rings. The number of ketones is 2. The standard InChI is InChI=1S/C28H34N2O6/c1-33-26-17-19(7-10-24(26)35-14-12-29)6-9-23(31)22-5-3-4-21(28(22)32)16-20-8-11-25(36-15-13-30)27(18-20)34-2/h6-11,16-18,22H,3-5,12-15,29-30H2,1-2H3/b9-6+,21-16+. The maximum atomic E-state index is 13.2. The van der Waals surface area contributed by atoms with Gasteiger partial charge < -0.3 is 30.4 Å². The fourth-order valence-corrected chi connectivity index (χ4v) is 4.02. The van der Waals surface area contributed by atoms with Crippen molar-refractivity contribution in [2.75, 3.05) is 40.5 Å². The maximum Gasteiger partial charge on any atom is 0.169 e. The van der Waals surface area contributed by atoms with E-state index in [9.17, 15) is 9.59 Å². The Kier molecular flexibility index (Phi) is 10.1. The fraction of sp³-hybridized carbons (Fsp3) is 0.357. The summed E-state index contributed by atoms with van der Waals surface area (Å²) in [6.45, 7) is 1.55. The number of rotatable bonds is 12. The van der Waals surface area contributed by atoms with Crippen molar-refractivity contribution in [3.05, 3.63) is 59.2 Å². The fourth-order valence-electron chi connectivity index (χ4n) is 4.02. The number of Topliss-reactive ketones (excluding diaryl/α,β-unsaturated/α-hetero) is 1. The van der Waals surface area contributed by atoms with Crippen LogP contribution in [0.15, 0.2) is 48.0 Å². The van der Waals surface area contributed by atoms with Crippen LogP contribution >= 0.6 is 0 Å². The van der Waals surface area contributed by atoms with E-state index >= 15 is 0 Å². The van der Waals surface area contributed by atoms with E-state index < -0.39 is 5.92 Å². The first-order valence-corrected chi connectivity index (χ1v) is 12.0. The van der Waals surface area contributed by atoms with E-state index in [4.69, 9.17) is 30.4 Å². The summed E-state index contributed by atoms with van der Waals surface area (Å²) in [4.78, 5) is 26.1. The number of nitrogens with two attached hydrogens (primary N) is 2. The van der Waals surface area contributed by atoms with E-state index in [1.165, 1.54) is 6.08 Å². The van der Waals surface area contributed by atoms with Gasteiger partial charge in [0.15, 0.2) is 34.6 Å². The first-order chi connectivity index (χ1) is 17.5. The van der Waals surface area contributed by atoms with Gasteiger partial charge in [-0.3, -0.25) is 9.59 Å². The third-order valence-electron chi connectivity index (χ3n) is 5.82. The third-order valence-corrected chi connectivity index (χ3v) is 5.82. The molecule has 0 heterocycles. The zero-order valence-electron chi connectivity index (χ0n) is 20.8. The molecular weight excluding hydrogens is 460 g/mol. The number of benzene rings is 2. The lowest BCUT2D eigenvalue weighted by Crippen LogP contribution is -2.27. The summed E-state index contributed by atoms with van der Waals surface area (Å²) < 4.78 is 21.9. The van der Waals surface area contributed by atoms with Gasteiger partial charge in [-0.1, -0.05) is 18.2 Å². The minimum Gasteiger partial charge on any atom is -0.493 e. The lowest BCUT2D eigenvalue weighted by atomic mass is 9.81. The molecule has 1 unspecified atom stereocenters. The van der Waals surface area contributed by atoms with Crippen LogP contribution in [0, 0.1) is 5.92 Å². The van der Waals surface area contributed by atoms with Crippen molar-refractivity contribution in [1.82, 2.24) is 0 Å². The SMILES string of the molecule is COc1cc(/C=C/C(=O)C2CCC/C(=C\c3ccc(OCCN)c(OC)c3)C2=O)ccc1OCCN. The van der Waals surface area contributed by atoms with E-state index in [-0.39, 0.29) is 11.6 Å². The molecule has 1 aliphatic carbocycles.